The Bertz CT molecular complexity index is 999. The Balaban J connectivity index is 1.36. The summed E-state index contributed by atoms with van der Waals surface area (Å²) in [5, 5.41) is 0. The maximum atomic E-state index is 15.0. The Kier molecular flexibility index (Phi) is 6.51. The maximum absolute atomic E-state index is 15.0. The van der Waals surface area contributed by atoms with E-state index in [-0.39, 0.29) is 18.8 Å². The van der Waals surface area contributed by atoms with E-state index in [1.807, 2.05) is 12.3 Å². The number of benzene rings is 1. The van der Waals surface area contributed by atoms with Crippen LogP contribution >= 0.6 is 0 Å². The van der Waals surface area contributed by atoms with Gasteiger partial charge in [-0.1, -0.05) is 36.8 Å². The molecule has 1 aliphatic heterocycles. The number of ether oxygens (including phenoxy) is 1. The van der Waals surface area contributed by atoms with Crippen LogP contribution in [0.1, 0.15) is 74.6 Å². The number of nitrogens with zero attached hydrogens (tertiary/aromatic N) is 2. The van der Waals surface area contributed by atoms with E-state index in [2.05, 4.69) is 47.1 Å². The minimum Gasteiger partial charge on any atom is -0.478 e. The lowest BCUT2D eigenvalue weighted by Crippen LogP contribution is -2.44. The third-order valence-corrected chi connectivity index (χ3v) is 7.45. The van der Waals surface area contributed by atoms with Crippen molar-refractivity contribution in [3.05, 3.63) is 64.9 Å². The Morgan fingerprint density at radius 3 is 2.67 bits per heavy atom. The molecule has 5 rings (SSSR count). The van der Waals surface area contributed by atoms with Gasteiger partial charge in [-0.05, 0) is 79.7 Å². The predicted octanol–water partition coefficient (Wildman–Crippen LogP) is 6.64. The first-order valence-electron chi connectivity index (χ1n) is 12.5. The average molecular weight is 453 g/mol. The smallest absolute Gasteiger partial charge is 0.213 e. The largest absolute Gasteiger partial charge is 0.478 e. The number of fused-ring (bicyclic) bond motifs is 2. The van der Waals surface area contributed by atoms with Crippen molar-refractivity contribution in [2.45, 2.75) is 76.0 Å². The van der Waals surface area contributed by atoms with Gasteiger partial charge in [-0.2, -0.15) is 0 Å². The first-order chi connectivity index (χ1) is 16.1. The third-order valence-electron chi connectivity index (χ3n) is 7.45. The summed E-state index contributed by atoms with van der Waals surface area (Å²) in [7, 11) is 0. The molecule has 2 atom stereocenters. The molecular formula is C28H34F2N2O. The number of pyridine rings is 1. The van der Waals surface area contributed by atoms with Crippen LogP contribution in [0.15, 0.2) is 48.2 Å². The molecule has 176 valence electrons. The molecule has 0 spiro atoms. The summed E-state index contributed by atoms with van der Waals surface area (Å²) in [6.45, 7) is 3.08. The van der Waals surface area contributed by atoms with Crippen LogP contribution in [0.25, 0.3) is 5.57 Å². The number of halogens is 2. The van der Waals surface area contributed by atoms with Crippen molar-refractivity contribution in [1.82, 2.24) is 9.88 Å². The van der Waals surface area contributed by atoms with Gasteiger partial charge in [0.05, 0.1) is 19.3 Å². The SMILES string of the molecule is C[C@@H]1CC2=C(Cc3ccccc32)[C@@H](c2ccc(OCCCCCCF)nc2)N1CC1(F)CC1. The molecule has 1 saturated carbocycles. The Labute approximate surface area is 195 Å². The van der Waals surface area contributed by atoms with Crippen LogP contribution < -0.4 is 4.74 Å². The van der Waals surface area contributed by atoms with Gasteiger partial charge in [-0.3, -0.25) is 9.29 Å². The number of hydrogen-bond donors (Lipinski definition) is 0. The highest BCUT2D eigenvalue weighted by molar-refractivity contribution is 5.78. The molecule has 2 aliphatic carbocycles. The lowest BCUT2D eigenvalue weighted by atomic mass is 9.85. The van der Waals surface area contributed by atoms with E-state index in [1.54, 1.807) is 0 Å². The van der Waals surface area contributed by atoms with Crippen molar-refractivity contribution in [2.24, 2.45) is 0 Å². The van der Waals surface area contributed by atoms with Crippen LogP contribution in [-0.2, 0) is 6.42 Å². The van der Waals surface area contributed by atoms with E-state index in [1.165, 1.54) is 22.3 Å². The van der Waals surface area contributed by atoms with Crippen molar-refractivity contribution in [3.8, 4) is 5.88 Å². The zero-order valence-corrected chi connectivity index (χ0v) is 19.5. The first-order valence-corrected chi connectivity index (χ1v) is 12.5. The van der Waals surface area contributed by atoms with Gasteiger partial charge in [0.25, 0.3) is 0 Å². The molecule has 5 heteroatoms. The highest BCUT2D eigenvalue weighted by Gasteiger charge is 2.49. The Morgan fingerprint density at radius 1 is 1.09 bits per heavy atom. The maximum Gasteiger partial charge on any atom is 0.213 e. The van der Waals surface area contributed by atoms with E-state index in [0.717, 1.165) is 37.7 Å². The second-order valence-corrected chi connectivity index (χ2v) is 10.00. The quantitative estimate of drug-likeness (QED) is 0.378. The summed E-state index contributed by atoms with van der Waals surface area (Å²) in [6, 6.07) is 13.1. The van der Waals surface area contributed by atoms with Crippen molar-refractivity contribution in [2.75, 3.05) is 19.8 Å². The number of alkyl halides is 2. The molecule has 0 radical (unpaired) electrons. The molecule has 33 heavy (non-hydrogen) atoms. The van der Waals surface area contributed by atoms with Crippen molar-refractivity contribution >= 4 is 5.57 Å². The van der Waals surface area contributed by atoms with Gasteiger partial charge in [-0.25, -0.2) is 9.37 Å². The Hall–Kier alpha value is -2.27. The highest BCUT2D eigenvalue weighted by atomic mass is 19.1. The first kappa shape index (κ1) is 22.5. The van der Waals surface area contributed by atoms with Gasteiger partial charge in [0, 0.05) is 24.8 Å². The summed E-state index contributed by atoms with van der Waals surface area (Å²) in [5.41, 5.74) is 5.67. The molecule has 2 heterocycles. The Morgan fingerprint density at radius 2 is 1.91 bits per heavy atom. The van der Waals surface area contributed by atoms with E-state index in [9.17, 15) is 8.78 Å². The fraction of sp³-hybridized carbons (Fsp3) is 0.536. The zero-order chi connectivity index (χ0) is 22.8. The van der Waals surface area contributed by atoms with Gasteiger partial charge < -0.3 is 4.74 Å². The van der Waals surface area contributed by atoms with Gasteiger partial charge in [-0.15, -0.1) is 0 Å². The standard InChI is InChI=1S/C28H34F2N2O/c1-20-16-24-23-9-5-4-8-21(23)17-25(24)27(32(20)19-28(30)12-13-28)22-10-11-26(31-18-22)33-15-7-3-2-6-14-29/h4-5,8-11,18,20,27H,2-3,6-7,12-17,19H2,1H3/t20-,27-/m1/s1. The van der Waals surface area contributed by atoms with Crippen LogP contribution in [0, 0.1) is 0 Å². The monoisotopic (exact) mass is 452 g/mol. The lowest BCUT2D eigenvalue weighted by molar-refractivity contribution is 0.101. The van der Waals surface area contributed by atoms with Crippen molar-refractivity contribution in [1.29, 1.82) is 0 Å². The molecule has 1 fully saturated rings. The molecule has 3 nitrogen and oxygen atoms in total. The molecule has 0 unspecified atom stereocenters. The fourth-order valence-electron chi connectivity index (χ4n) is 5.45. The van der Waals surface area contributed by atoms with Gasteiger partial charge in [0.1, 0.15) is 5.67 Å². The van der Waals surface area contributed by atoms with E-state index >= 15 is 0 Å². The summed E-state index contributed by atoms with van der Waals surface area (Å²) >= 11 is 0. The fourth-order valence-corrected chi connectivity index (χ4v) is 5.45. The van der Waals surface area contributed by atoms with Crippen LogP contribution in [-0.4, -0.2) is 41.4 Å². The summed E-state index contributed by atoms with van der Waals surface area (Å²) < 4.78 is 33.0. The molecule has 0 saturated heterocycles. The van der Waals surface area contributed by atoms with Crippen LogP contribution in [0.5, 0.6) is 5.88 Å². The lowest BCUT2D eigenvalue weighted by Gasteiger charge is -2.43. The average Bonchev–Trinajstić information content (AvgIpc) is 3.44. The number of hydrogen-bond acceptors (Lipinski definition) is 3. The van der Waals surface area contributed by atoms with E-state index < -0.39 is 5.67 Å². The van der Waals surface area contributed by atoms with Crippen LogP contribution in [0.4, 0.5) is 8.78 Å². The minimum absolute atomic E-state index is 0.0478. The minimum atomic E-state index is -1.03. The van der Waals surface area contributed by atoms with Gasteiger partial charge >= 0.3 is 0 Å². The molecule has 3 aliphatic rings. The van der Waals surface area contributed by atoms with E-state index in [0.29, 0.717) is 38.3 Å². The number of unbranched alkanes of at least 4 members (excludes halogenated alkanes) is 3. The van der Waals surface area contributed by atoms with Crippen molar-refractivity contribution in [3.63, 3.8) is 0 Å². The van der Waals surface area contributed by atoms with Crippen LogP contribution in [0.3, 0.4) is 0 Å². The second kappa shape index (κ2) is 9.54. The molecule has 0 amide bonds. The zero-order valence-electron chi connectivity index (χ0n) is 19.5. The highest BCUT2D eigenvalue weighted by Crippen LogP contribution is 2.51. The van der Waals surface area contributed by atoms with E-state index in [4.69, 9.17) is 4.74 Å². The molecule has 1 aromatic heterocycles. The number of aromatic nitrogens is 1. The molecule has 0 N–H and O–H groups in total. The van der Waals surface area contributed by atoms with Gasteiger partial charge in [0.2, 0.25) is 5.88 Å². The summed E-state index contributed by atoms with van der Waals surface area (Å²) in [5.74, 6) is 0.618. The predicted molar refractivity (Wildman–Crippen MR) is 128 cm³/mol. The summed E-state index contributed by atoms with van der Waals surface area (Å²) in [4.78, 5) is 6.97. The topological polar surface area (TPSA) is 25.4 Å². The second-order valence-electron chi connectivity index (χ2n) is 10.00. The normalized spacial score (nSPS) is 23.4. The third kappa shape index (κ3) is 4.84. The molecule has 2 aromatic rings. The van der Waals surface area contributed by atoms with Gasteiger partial charge in [0.15, 0.2) is 0 Å². The van der Waals surface area contributed by atoms with Crippen molar-refractivity contribution < 1.29 is 13.5 Å². The number of rotatable bonds is 10. The molecule has 0 bridgehead atoms. The molecule has 1 aromatic carbocycles. The van der Waals surface area contributed by atoms with Crippen LogP contribution in [0.2, 0.25) is 0 Å². The molecular weight excluding hydrogens is 418 g/mol. The summed E-state index contributed by atoms with van der Waals surface area (Å²) in [6.07, 6.45) is 8.56.